The summed E-state index contributed by atoms with van der Waals surface area (Å²) in [5.74, 6) is 1.69. The molecule has 0 aromatic heterocycles. The zero-order valence-electron chi connectivity index (χ0n) is 14.6. The molecule has 126 valence electrons. The van der Waals surface area contributed by atoms with E-state index in [1.807, 2.05) is 7.05 Å². The smallest absolute Gasteiger partial charge is 0.191 e. The topological polar surface area (TPSA) is 39.7 Å². The van der Waals surface area contributed by atoms with Gasteiger partial charge in [-0.25, -0.2) is 0 Å². The number of nitrogens with zero attached hydrogens (tertiary/aromatic N) is 2. The Morgan fingerprint density at radius 2 is 1.81 bits per heavy atom. The second-order valence-electron chi connectivity index (χ2n) is 6.72. The molecule has 5 heteroatoms. The Labute approximate surface area is 148 Å². The number of guanidine groups is 1. The van der Waals surface area contributed by atoms with E-state index in [4.69, 9.17) is 0 Å². The van der Waals surface area contributed by atoms with Crippen LogP contribution in [-0.4, -0.2) is 49.6 Å². The third kappa shape index (κ3) is 8.86. The highest BCUT2D eigenvalue weighted by atomic mass is 127. The van der Waals surface area contributed by atoms with Crippen molar-refractivity contribution in [2.45, 2.75) is 71.5 Å². The molecule has 1 aliphatic rings. The van der Waals surface area contributed by atoms with Crippen LogP contribution in [-0.2, 0) is 0 Å². The van der Waals surface area contributed by atoms with Crippen molar-refractivity contribution in [2.24, 2.45) is 10.9 Å². The highest BCUT2D eigenvalue weighted by molar-refractivity contribution is 14.0. The van der Waals surface area contributed by atoms with Crippen molar-refractivity contribution in [3.05, 3.63) is 0 Å². The first-order valence-electron chi connectivity index (χ1n) is 8.13. The van der Waals surface area contributed by atoms with Crippen LogP contribution in [0.25, 0.3) is 0 Å². The highest BCUT2D eigenvalue weighted by Gasteiger charge is 2.28. The van der Waals surface area contributed by atoms with Crippen LogP contribution in [0, 0.1) is 5.92 Å². The number of halogens is 1. The van der Waals surface area contributed by atoms with Gasteiger partial charge in [0.2, 0.25) is 0 Å². The van der Waals surface area contributed by atoms with Crippen molar-refractivity contribution in [1.29, 1.82) is 0 Å². The maximum absolute atomic E-state index is 4.32. The first kappa shape index (κ1) is 21.0. The van der Waals surface area contributed by atoms with Crippen LogP contribution in [0.1, 0.15) is 53.4 Å². The van der Waals surface area contributed by atoms with Gasteiger partial charge >= 0.3 is 0 Å². The lowest BCUT2D eigenvalue weighted by Crippen LogP contribution is -2.47. The number of nitrogens with one attached hydrogen (secondary N) is 2. The molecule has 2 atom stereocenters. The summed E-state index contributed by atoms with van der Waals surface area (Å²) in [6.45, 7) is 10.0. The van der Waals surface area contributed by atoms with E-state index in [1.54, 1.807) is 0 Å². The summed E-state index contributed by atoms with van der Waals surface area (Å²) >= 11 is 0. The zero-order valence-corrected chi connectivity index (χ0v) is 17.0. The van der Waals surface area contributed by atoms with E-state index in [1.165, 1.54) is 25.7 Å². The van der Waals surface area contributed by atoms with Gasteiger partial charge in [-0.2, -0.15) is 0 Å². The fraction of sp³-hybridized carbons (Fsp3) is 0.938. The van der Waals surface area contributed by atoms with Crippen LogP contribution in [0.4, 0.5) is 0 Å². The van der Waals surface area contributed by atoms with E-state index < -0.39 is 0 Å². The minimum absolute atomic E-state index is 0. The van der Waals surface area contributed by atoms with Crippen molar-refractivity contribution >= 4 is 29.9 Å². The number of likely N-dealkylation sites (N-methyl/N-ethyl adjacent to an activating group) is 1. The largest absolute Gasteiger partial charge is 0.355 e. The predicted molar refractivity (Wildman–Crippen MR) is 104 cm³/mol. The molecule has 4 nitrogen and oxygen atoms in total. The third-order valence-electron chi connectivity index (χ3n) is 4.17. The predicted octanol–water partition coefficient (Wildman–Crippen LogP) is 3.08. The van der Waals surface area contributed by atoms with Gasteiger partial charge in [-0.05, 0) is 52.5 Å². The fourth-order valence-corrected chi connectivity index (χ4v) is 2.31. The van der Waals surface area contributed by atoms with Gasteiger partial charge in [0.05, 0.1) is 0 Å². The highest BCUT2D eigenvalue weighted by Crippen LogP contribution is 2.26. The quantitative estimate of drug-likeness (QED) is 0.367. The average molecular weight is 410 g/mol. The Hall–Kier alpha value is -0.0400. The second-order valence-corrected chi connectivity index (χ2v) is 6.72. The standard InChI is InChI=1S/C16H34N4.HI/c1-12(2)7-8-13(3)19-16(17-5)18-11-14(4)20(6)15-9-10-15;/h12-15H,7-11H2,1-6H3,(H2,17,18,19);1H. The van der Waals surface area contributed by atoms with Gasteiger partial charge in [0.1, 0.15) is 0 Å². The number of hydrogen-bond acceptors (Lipinski definition) is 2. The lowest BCUT2D eigenvalue weighted by molar-refractivity contribution is 0.247. The molecule has 2 unspecified atom stereocenters. The minimum Gasteiger partial charge on any atom is -0.355 e. The molecule has 0 saturated heterocycles. The first-order chi connectivity index (χ1) is 9.43. The van der Waals surface area contributed by atoms with E-state index in [-0.39, 0.29) is 24.0 Å². The molecule has 0 bridgehead atoms. The van der Waals surface area contributed by atoms with Crippen LogP contribution in [0.3, 0.4) is 0 Å². The Bertz CT molecular complexity index is 303. The summed E-state index contributed by atoms with van der Waals surface area (Å²) in [7, 11) is 4.07. The summed E-state index contributed by atoms with van der Waals surface area (Å²) in [6, 6.07) is 1.83. The van der Waals surface area contributed by atoms with Gasteiger partial charge < -0.3 is 10.6 Å². The molecule has 0 aromatic rings. The average Bonchev–Trinajstić information content (AvgIpc) is 3.24. The van der Waals surface area contributed by atoms with Crippen molar-refractivity contribution in [1.82, 2.24) is 15.5 Å². The summed E-state index contributed by atoms with van der Waals surface area (Å²) < 4.78 is 0. The van der Waals surface area contributed by atoms with Gasteiger partial charge in [0.25, 0.3) is 0 Å². The second kappa shape index (κ2) is 10.6. The summed E-state index contributed by atoms with van der Waals surface area (Å²) in [5, 5.41) is 6.93. The van der Waals surface area contributed by atoms with Gasteiger partial charge in [0.15, 0.2) is 5.96 Å². The molecule has 1 aliphatic carbocycles. The summed E-state index contributed by atoms with van der Waals surface area (Å²) in [6.07, 6.45) is 5.17. The molecule has 0 spiro atoms. The fourth-order valence-electron chi connectivity index (χ4n) is 2.31. The molecule has 1 rings (SSSR count). The summed E-state index contributed by atoms with van der Waals surface area (Å²) in [4.78, 5) is 6.80. The van der Waals surface area contributed by atoms with Gasteiger partial charge in [-0.15, -0.1) is 24.0 Å². The molecule has 1 fully saturated rings. The van der Waals surface area contributed by atoms with E-state index >= 15 is 0 Å². The molecule has 2 N–H and O–H groups in total. The third-order valence-corrected chi connectivity index (χ3v) is 4.17. The Kier molecular flexibility index (Phi) is 10.6. The van der Waals surface area contributed by atoms with Crippen molar-refractivity contribution < 1.29 is 0 Å². The van der Waals surface area contributed by atoms with Crippen LogP contribution in [0.5, 0.6) is 0 Å². The SMILES string of the molecule is CN=C(NCC(C)N(C)C1CC1)NC(C)CCC(C)C.I. The van der Waals surface area contributed by atoms with Gasteiger partial charge in [-0.1, -0.05) is 13.8 Å². The normalized spacial score (nSPS) is 18.4. The Balaban J connectivity index is 0.00000400. The van der Waals surface area contributed by atoms with Crippen LogP contribution < -0.4 is 10.6 Å². The lowest BCUT2D eigenvalue weighted by Gasteiger charge is -2.26. The number of hydrogen-bond donors (Lipinski definition) is 2. The van der Waals surface area contributed by atoms with E-state index in [0.29, 0.717) is 12.1 Å². The number of rotatable bonds is 8. The van der Waals surface area contributed by atoms with Crippen molar-refractivity contribution in [3.63, 3.8) is 0 Å². The van der Waals surface area contributed by atoms with Crippen LogP contribution >= 0.6 is 24.0 Å². The van der Waals surface area contributed by atoms with E-state index in [2.05, 4.69) is 55.3 Å². The van der Waals surface area contributed by atoms with Crippen molar-refractivity contribution in [2.75, 3.05) is 20.6 Å². The Morgan fingerprint density at radius 3 is 2.29 bits per heavy atom. The molecule has 0 heterocycles. The van der Waals surface area contributed by atoms with Crippen molar-refractivity contribution in [3.8, 4) is 0 Å². The minimum atomic E-state index is 0. The molecule has 21 heavy (non-hydrogen) atoms. The van der Waals surface area contributed by atoms with Crippen LogP contribution in [0.2, 0.25) is 0 Å². The maximum atomic E-state index is 4.32. The number of aliphatic imine (C=N–C) groups is 1. The first-order valence-corrected chi connectivity index (χ1v) is 8.13. The molecule has 0 aromatic carbocycles. The monoisotopic (exact) mass is 410 g/mol. The molecule has 0 radical (unpaired) electrons. The van der Waals surface area contributed by atoms with Gasteiger partial charge in [-0.3, -0.25) is 9.89 Å². The summed E-state index contributed by atoms with van der Waals surface area (Å²) in [5.41, 5.74) is 0. The molecule has 0 aliphatic heterocycles. The molecule has 1 saturated carbocycles. The Morgan fingerprint density at radius 1 is 1.19 bits per heavy atom. The van der Waals surface area contributed by atoms with E-state index in [0.717, 1.165) is 24.5 Å². The maximum Gasteiger partial charge on any atom is 0.191 e. The molecular weight excluding hydrogens is 375 g/mol. The van der Waals surface area contributed by atoms with Gasteiger partial charge in [0, 0.05) is 31.7 Å². The molecular formula is C16H35IN4. The van der Waals surface area contributed by atoms with Crippen LogP contribution in [0.15, 0.2) is 4.99 Å². The van der Waals surface area contributed by atoms with E-state index in [9.17, 15) is 0 Å². The zero-order chi connectivity index (χ0) is 15.1. The lowest BCUT2D eigenvalue weighted by atomic mass is 10.0. The molecule has 0 amide bonds.